The Morgan fingerprint density at radius 2 is 2.12 bits per heavy atom. The van der Waals surface area contributed by atoms with Gasteiger partial charge < -0.3 is 15.0 Å². The molecule has 2 rings (SSSR count). The van der Waals surface area contributed by atoms with Crippen molar-refractivity contribution < 1.29 is 9.53 Å². The second-order valence-corrected chi connectivity index (χ2v) is 3.58. The highest BCUT2D eigenvalue weighted by molar-refractivity contribution is 5.92. The molecule has 1 aromatic heterocycles. The Balaban J connectivity index is 2.00. The Hall–Kier alpha value is -2.23. The predicted molar refractivity (Wildman–Crippen MR) is 65.0 cm³/mol. The minimum absolute atomic E-state index is 0.124. The lowest BCUT2D eigenvalue weighted by Gasteiger charge is -2.08. The number of rotatable bonds is 4. The first kappa shape index (κ1) is 11.3. The maximum absolute atomic E-state index is 11.7. The van der Waals surface area contributed by atoms with Crippen LogP contribution in [-0.4, -0.2) is 18.0 Å². The molecule has 0 unspecified atom stereocenters. The molecule has 1 heterocycles. The van der Waals surface area contributed by atoms with Gasteiger partial charge in [-0.05, 0) is 18.2 Å². The van der Waals surface area contributed by atoms with Gasteiger partial charge >= 0.3 is 0 Å². The number of aromatic amines is 1. The molecule has 0 bridgehead atoms. The number of nitrogens with one attached hydrogen (secondary N) is 2. The monoisotopic (exact) mass is 230 g/mol. The van der Waals surface area contributed by atoms with Gasteiger partial charge in [0.05, 0.1) is 7.11 Å². The number of amides is 1. The smallest absolute Gasteiger partial charge is 0.267 e. The number of carbonyl (C=O) groups is 1. The highest BCUT2D eigenvalue weighted by Crippen LogP contribution is 2.16. The Kier molecular flexibility index (Phi) is 3.45. The van der Waals surface area contributed by atoms with Gasteiger partial charge in [-0.15, -0.1) is 0 Å². The van der Waals surface area contributed by atoms with E-state index in [2.05, 4.69) is 10.3 Å². The highest BCUT2D eigenvalue weighted by atomic mass is 16.5. The van der Waals surface area contributed by atoms with E-state index < -0.39 is 0 Å². The van der Waals surface area contributed by atoms with Crippen LogP contribution in [0.15, 0.2) is 42.6 Å². The molecule has 2 aromatic rings. The van der Waals surface area contributed by atoms with Gasteiger partial charge in [-0.2, -0.15) is 0 Å². The first-order valence-electron chi connectivity index (χ1n) is 5.34. The summed E-state index contributed by atoms with van der Waals surface area (Å²) in [6.45, 7) is 0.446. The van der Waals surface area contributed by atoms with Crippen LogP contribution in [0.5, 0.6) is 5.75 Å². The summed E-state index contributed by atoms with van der Waals surface area (Å²) in [6, 6.07) is 11.1. The van der Waals surface area contributed by atoms with Crippen LogP contribution < -0.4 is 10.1 Å². The fourth-order valence-electron chi connectivity index (χ4n) is 1.59. The van der Waals surface area contributed by atoms with Crippen LogP contribution in [0.2, 0.25) is 0 Å². The topological polar surface area (TPSA) is 54.1 Å². The molecule has 0 aliphatic carbocycles. The van der Waals surface area contributed by atoms with E-state index in [1.54, 1.807) is 25.4 Å². The normalized spacial score (nSPS) is 9.94. The number of hydrogen-bond donors (Lipinski definition) is 2. The summed E-state index contributed by atoms with van der Waals surface area (Å²) in [6.07, 6.45) is 1.72. The predicted octanol–water partition coefficient (Wildman–Crippen LogP) is 1.95. The molecule has 1 amide bonds. The molecule has 4 heteroatoms. The zero-order valence-electron chi connectivity index (χ0n) is 9.57. The maximum atomic E-state index is 11.7. The van der Waals surface area contributed by atoms with Gasteiger partial charge in [0.1, 0.15) is 11.4 Å². The minimum Gasteiger partial charge on any atom is -0.496 e. The molecule has 0 saturated carbocycles. The van der Waals surface area contributed by atoms with Crippen molar-refractivity contribution in [2.75, 3.05) is 7.11 Å². The Labute approximate surface area is 99.6 Å². The molecule has 88 valence electrons. The summed E-state index contributed by atoms with van der Waals surface area (Å²) in [5.74, 6) is 0.653. The van der Waals surface area contributed by atoms with E-state index in [0.717, 1.165) is 11.3 Å². The molecule has 0 spiro atoms. The molecule has 0 radical (unpaired) electrons. The maximum Gasteiger partial charge on any atom is 0.267 e. The van der Waals surface area contributed by atoms with E-state index in [-0.39, 0.29) is 5.91 Å². The van der Waals surface area contributed by atoms with E-state index in [4.69, 9.17) is 4.74 Å². The van der Waals surface area contributed by atoms with Crippen molar-refractivity contribution in [2.45, 2.75) is 6.54 Å². The van der Waals surface area contributed by atoms with Crippen LogP contribution in [0.4, 0.5) is 0 Å². The largest absolute Gasteiger partial charge is 0.496 e. The van der Waals surface area contributed by atoms with Crippen molar-refractivity contribution in [3.05, 3.63) is 53.9 Å². The molecule has 4 nitrogen and oxygen atoms in total. The fraction of sp³-hybridized carbons (Fsp3) is 0.154. The van der Waals surface area contributed by atoms with Gasteiger partial charge in [0.25, 0.3) is 5.91 Å². The number of ether oxygens (including phenoxy) is 1. The Morgan fingerprint density at radius 3 is 2.82 bits per heavy atom. The highest BCUT2D eigenvalue weighted by Gasteiger charge is 2.07. The van der Waals surface area contributed by atoms with Crippen molar-refractivity contribution in [3.8, 4) is 5.75 Å². The molecule has 0 aliphatic heterocycles. The number of hydrogen-bond acceptors (Lipinski definition) is 2. The van der Waals surface area contributed by atoms with Gasteiger partial charge in [0.15, 0.2) is 0 Å². The molecule has 0 aliphatic rings. The summed E-state index contributed by atoms with van der Waals surface area (Å²) >= 11 is 0. The molecule has 0 saturated heterocycles. The zero-order valence-corrected chi connectivity index (χ0v) is 9.57. The van der Waals surface area contributed by atoms with Gasteiger partial charge in [0.2, 0.25) is 0 Å². The summed E-state index contributed by atoms with van der Waals surface area (Å²) in [5.41, 5.74) is 1.51. The molecular formula is C13H14N2O2. The molecule has 17 heavy (non-hydrogen) atoms. The van der Waals surface area contributed by atoms with Crippen LogP contribution in [0, 0.1) is 0 Å². The van der Waals surface area contributed by atoms with Crippen molar-refractivity contribution >= 4 is 5.91 Å². The Morgan fingerprint density at radius 1 is 1.29 bits per heavy atom. The third kappa shape index (κ3) is 2.66. The summed E-state index contributed by atoms with van der Waals surface area (Å²) < 4.78 is 5.21. The number of aromatic nitrogens is 1. The van der Waals surface area contributed by atoms with E-state index >= 15 is 0 Å². The molecule has 1 aromatic carbocycles. The number of methoxy groups -OCH3 is 1. The molecular weight excluding hydrogens is 216 g/mol. The van der Waals surface area contributed by atoms with Gasteiger partial charge in [-0.25, -0.2) is 0 Å². The van der Waals surface area contributed by atoms with Crippen molar-refractivity contribution in [1.82, 2.24) is 10.3 Å². The average Bonchev–Trinajstić information content (AvgIpc) is 2.90. The van der Waals surface area contributed by atoms with Gasteiger partial charge in [-0.1, -0.05) is 18.2 Å². The van der Waals surface area contributed by atoms with Crippen LogP contribution in [0.1, 0.15) is 16.1 Å². The number of para-hydroxylation sites is 1. The summed E-state index contributed by atoms with van der Waals surface area (Å²) in [7, 11) is 1.62. The lowest BCUT2D eigenvalue weighted by atomic mass is 10.2. The van der Waals surface area contributed by atoms with Crippen molar-refractivity contribution in [3.63, 3.8) is 0 Å². The van der Waals surface area contributed by atoms with Gasteiger partial charge in [-0.3, -0.25) is 4.79 Å². The van der Waals surface area contributed by atoms with Crippen LogP contribution >= 0.6 is 0 Å². The van der Waals surface area contributed by atoms with E-state index in [1.165, 1.54) is 0 Å². The first-order valence-corrected chi connectivity index (χ1v) is 5.34. The van der Waals surface area contributed by atoms with E-state index in [0.29, 0.717) is 12.2 Å². The Bertz CT molecular complexity index is 492. The number of H-pyrrole nitrogens is 1. The van der Waals surface area contributed by atoms with Gasteiger partial charge in [0, 0.05) is 18.3 Å². The lowest BCUT2D eigenvalue weighted by Crippen LogP contribution is -2.23. The van der Waals surface area contributed by atoms with Crippen LogP contribution in [-0.2, 0) is 6.54 Å². The quantitative estimate of drug-likeness (QED) is 0.843. The molecule has 0 atom stereocenters. The molecule has 2 N–H and O–H groups in total. The van der Waals surface area contributed by atoms with Crippen LogP contribution in [0.25, 0.3) is 0 Å². The van der Waals surface area contributed by atoms with Crippen LogP contribution in [0.3, 0.4) is 0 Å². The number of carbonyl (C=O) groups excluding carboxylic acids is 1. The van der Waals surface area contributed by atoms with Crippen molar-refractivity contribution in [2.24, 2.45) is 0 Å². The summed E-state index contributed by atoms with van der Waals surface area (Å²) in [5, 5.41) is 2.83. The molecule has 0 fully saturated rings. The van der Waals surface area contributed by atoms with Crippen molar-refractivity contribution in [1.29, 1.82) is 0 Å². The fourth-order valence-corrected chi connectivity index (χ4v) is 1.59. The number of benzene rings is 1. The van der Waals surface area contributed by atoms with E-state index in [9.17, 15) is 4.79 Å². The first-order chi connectivity index (χ1) is 8.31. The SMILES string of the molecule is COc1ccccc1CNC(=O)c1ccc[nH]1. The summed E-state index contributed by atoms with van der Waals surface area (Å²) in [4.78, 5) is 14.6. The average molecular weight is 230 g/mol. The third-order valence-corrected chi connectivity index (χ3v) is 2.47. The standard InChI is InChI=1S/C13H14N2O2/c1-17-12-7-3-2-5-10(12)9-15-13(16)11-6-4-8-14-11/h2-8,14H,9H2,1H3,(H,15,16). The second-order valence-electron chi connectivity index (χ2n) is 3.58. The third-order valence-electron chi connectivity index (χ3n) is 2.47. The van der Waals surface area contributed by atoms with E-state index in [1.807, 2.05) is 24.3 Å². The minimum atomic E-state index is -0.124. The second kappa shape index (κ2) is 5.21. The zero-order chi connectivity index (χ0) is 12.1. The lowest BCUT2D eigenvalue weighted by molar-refractivity contribution is 0.0946.